The third-order valence-corrected chi connectivity index (χ3v) is 4.64. The van der Waals surface area contributed by atoms with Gasteiger partial charge in [0.1, 0.15) is 12.4 Å². The number of benzene rings is 2. The molecule has 0 saturated carbocycles. The molecule has 0 spiro atoms. The molecule has 0 saturated heterocycles. The van der Waals surface area contributed by atoms with E-state index >= 15 is 0 Å². The number of halogens is 4. The van der Waals surface area contributed by atoms with Gasteiger partial charge in [-0.25, -0.2) is 0 Å². The maximum absolute atomic E-state index is 13.1. The molecule has 0 radical (unpaired) electrons. The van der Waals surface area contributed by atoms with E-state index in [4.69, 9.17) is 30.5 Å². The molecule has 1 amide bonds. The summed E-state index contributed by atoms with van der Waals surface area (Å²) < 4.78 is 60.7. The molecule has 1 N–H and O–H groups in total. The number of nitrogens with one attached hydrogen (secondary N) is 1. The van der Waals surface area contributed by atoms with E-state index in [0.29, 0.717) is 41.7 Å². The molecule has 0 aromatic heterocycles. The number of amides is 1. The minimum Gasteiger partial charge on any atom is -0.489 e. The predicted molar refractivity (Wildman–Crippen MR) is 114 cm³/mol. The molecule has 0 atom stereocenters. The predicted octanol–water partition coefficient (Wildman–Crippen LogP) is 5.20. The molecular weight excluding hydrogens is 451 g/mol. The number of anilines is 1. The van der Waals surface area contributed by atoms with Crippen LogP contribution >= 0.6 is 11.6 Å². The van der Waals surface area contributed by atoms with E-state index in [2.05, 4.69) is 5.32 Å². The van der Waals surface area contributed by atoms with Gasteiger partial charge in [-0.05, 0) is 42.0 Å². The summed E-state index contributed by atoms with van der Waals surface area (Å²) in [5, 5.41) is 2.76. The minimum atomic E-state index is -4.57. The number of hydrogen-bond donors (Lipinski definition) is 1. The van der Waals surface area contributed by atoms with E-state index in [1.807, 2.05) is 0 Å². The van der Waals surface area contributed by atoms with E-state index in [0.717, 1.165) is 18.2 Å². The van der Waals surface area contributed by atoms with Gasteiger partial charge in [0, 0.05) is 19.6 Å². The van der Waals surface area contributed by atoms with E-state index in [1.54, 1.807) is 12.1 Å². The van der Waals surface area contributed by atoms with Gasteiger partial charge in [0.2, 0.25) is 5.91 Å². The summed E-state index contributed by atoms with van der Waals surface area (Å²) in [5.74, 6) is 0.342. The summed E-state index contributed by atoms with van der Waals surface area (Å²) in [6, 6.07) is 6.12. The van der Waals surface area contributed by atoms with E-state index in [9.17, 15) is 18.0 Å². The fourth-order valence-corrected chi connectivity index (χ4v) is 3.13. The van der Waals surface area contributed by atoms with Crippen molar-refractivity contribution in [2.75, 3.05) is 38.9 Å². The van der Waals surface area contributed by atoms with Gasteiger partial charge in [0.15, 0.2) is 11.5 Å². The van der Waals surface area contributed by atoms with Crippen molar-refractivity contribution in [3.05, 3.63) is 52.6 Å². The highest BCUT2D eigenvalue weighted by molar-refractivity contribution is 6.32. The highest BCUT2D eigenvalue weighted by Crippen LogP contribution is 2.38. The second kappa shape index (κ2) is 10.6. The summed E-state index contributed by atoms with van der Waals surface area (Å²) in [6.07, 6.45) is -1.21. The Morgan fingerprint density at radius 3 is 2.72 bits per heavy atom. The van der Waals surface area contributed by atoms with Crippen LogP contribution in [-0.4, -0.2) is 39.4 Å². The molecule has 3 rings (SSSR count). The van der Waals surface area contributed by atoms with Crippen LogP contribution in [0.15, 0.2) is 36.4 Å². The van der Waals surface area contributed by atoms with Crippen LogP contribution in [0.25, 0.3) is 6.08 Å². The second-order valence-corrected chi connectivity index (χ2v) is 7.16. The Morgan fingerprint density at radius 2 is 1.97 bits per heavy atom. The Hall–Kier alpha value is -2.91. The lowest BCUT2D eigenvalue weighted by molar-refractivity contribution is -0.137. The highest BCUT2D eigenvalue weighted by Gasteiger charge is 2.31. The Labute approximate surface area is 187 Å². The van der Waals surface area contributed by atoms with Crippen LogP contribution in [0.1, 0.15) is 17.5 Å². The SMILES string of the molecule is COCCOc1ccc(C(F)(F)F)cc1NC(=O)/C=C/c1cc(Cl)c2c(c1)OCCCO2. The topological polar surface area (TPSA) is 66.0 Å². The number of methoxy groups -OCH3 is 1. The first-order valence-electron chi connectivity index (χ1n) is 9.69. The molecule has 6 nitrogen and oxygen atoms in total. The number of ether oxygens (including phenoxy) is 4. The van der Waals surface area contributed by atoms with Crippen molar-refractivity contribution in [1.82, 2.24) is 0 Å². The molecule has 0 unspecified atom stereocenters. The largest absolute Gasteiger partial charge is 0.489 e. The Kier molecular flexibility index (Phi) is 7.87. The lowest BCUT2D eigenvalue weighted by Crippen LogP contribution is -2.13. The molecule has 10 heteroatoms. The molecule has 2 aromatic carbocycles. The lowest BCUT2D eigenvalue weighted by atomic mass is 10.1. The van der Waals surface area contributed by atoms with Crippen molar-refractivity contribution >= 4 is 29.3 Å². The first-order valence-corrected chi connectivity index (χ1v) is 10.1. The molecule has 1 aliphatic heterocycles. The molecule has 2 aromatic rings. The van der Waals surface area contributed by atoms with Gasteiger partial charge in [-0.1, -0.05) is 11.6 Å². The molecule has 172 valence electrons. The Bertz CT molecular complexity index is 994. The maximum Gasteiger partial charge on any atom is 0.416 e. The van der Waals surface area contributed by atoms with Crippen molar-refractivity contribution in [3.8, 4) is 17.2 Å². The smallest absolute Gasteiger partial charge is 0.416 e. The van der Waals surface area contributed by atoms with Crippen LogP contribution in [0.4, 0.5) is 18.9 Å². The molecule has 0 aliphatic carbocycles. The second-order valence-electron chi connectivity index (χ2n) is 6.75. The fraction of sp³-hybridized carbons (Fsp3) is 0.318. The fourth-order valence-electron chi connectivity index (χ4n) is 2.86. The third kappa shape index (κ3) is 6.30. The average Bonchev–Trinajstić information content (AvgIpc) is 2.98. The van der Waals surface area contributed by atoms with Crippen molar-refractivity contribution in [3.63, 3.8) is 0 Å². The van der Waals surface area contributed by atoms with Crippen molar-refractivity contribution in [2.24, 2.45) is 0 Å². The van der Waals surface area contributed by atoms with E-state index in [-0.39, 0.29) is 24.7 Å². The number of fused-ring (bicyclic) bond motifs is 1. The van der Waals surface area contributed by atoms with Gasteiger partial charge in [-0.2, -0.15) is 13.2 Å². The van der Waals surface area contributed by atoms with Crippen LogP contribution < -0.4 is 19.5 Å². The zero-order chi connectivity index (χ0) is 23.1. The van der Waals surface area contributed by atoms with Gasteiger partial charge < -0.3 is 24.3 Å². The van der Waals surface area contributed by atoms with Crippen molar-refractivity contribution < 1.29 is 36.9 Å². The van der Waals surface area contributed by atoms with E-state index < -0.39 is 17.6 Å². The van der Waals surface area contributed by atoms with Crippen LogP contribution in [0.5, 0.6) is 17.2 Å². The van der Waals surface area contributed by atoms with Gasteiger partial charge in [-0.15, -0.1) is 0 Å². The summed E-state index contributed by atoms with van der Waals surface area (Å²) >= 11 is 6.23. The zero-order valence-corrected chi connectivity index (χ0v) is 17.9. The van der Waals surface area contributed by atoms with E-state index in [1.165, 1.54) is 19.3 Å². The minimum absolute atomic E-state index is 0.0930. The van der Waals surface area contributed by atoms with Crippen LogP contribution in [0, 0.1) is 0 Å². The molecule has 0 bridgehead atoms. The molecule has 1 aliphatic rings. The average molecular weight is 472 g/mol. The zero-order valence-electron chi connectivity index (χ0n) is 17.1. The summed E-state index contributed by atoms with van der Waals surface area (Å²) in [7, 11) is 1.47. The van der Waals surface area contributed by atoms with Crippen molar-refractivity contribution in [2.45, 2.75) is 12.6 Å². The summed E-state index contributed by atoms with van der Waals surface area (Å²) in [5.41, 5.74) is -0.456. The number of alkyl halides is 3. The monoisotopic (exact) mass is 471 g/mol. The number of carbonyl (C=O) groups excluding carboxylic acids is 1. The molecular formula is C22H21ClF3NO5. The Balaban J connectivity index is 1.78. The number of rotatable bonds is 7. The van der Waals surface area contributed by atoms with Crippen molar-refractivity contribution in [1.29, 1.82) is 0 Å². The number of carbonyl (C=O) groups is 1. The highest BCUT2D eigenvalue weighted by atomic mass is 35.5. The number of hydrogen-bond acceptors (Lipinski definition) is 5. The van der Waals surface area contributed by atoms with Crippen LogP contribution in [0.3, 0.4) is 0 Å². The molecule has 32 heavy (non-hydrogen) atoms. The summed E-state index contributed by atoms with van der Waals surface area (Å²) in [6.45, 7) is 1.30. The third-order valence-electron chi connectivity index (χ3n) is 4.36. The normalized spacial score (nSPS) is 13.7. The maximum atomic E-state index is 13.1. The molecule has 1 heterocycles. The van der Waals surface area contributed by atoms with Gasteiger partial charge >= 0.3 is 6.18 Å². The molecule has 0 fully saturated rings. The first kappa shape index (κ1) is 23.7. The van der Waals surface area contributed by atoms with Gasteiger partial charge in [0.25, 0.3) is 0 Å². The quantitative estimate of drug-likeness (QED) is 0.444. The van der Waals surface area contributed by atoms with Crippen LogP contribution in [0.2, 0.25) is 5.02 Å². The standard InChI is InChI=1S/C22H21ClF3NO5/c1-29-9-10-31-18-5-4-15(22(24,25)26)13-17(18)27-20(28)6-3-14-11-16(23)21-19(12-14)30-7-2-8-32-21/h3-6,11-13H,2,7-10H2,1H3,(H,27,28)/b6-3+. The van der Waals surface area contributed by atoms with Crippen LogP contribution in [-0.2, 0) is 15.7 Å². The summed E-state index contributed by atoms with van der Waals surface area (Å²) in [4.78, 5) is 12.4. The van der Waals surface area contributed by atoms with Gasteiger partial charge in [-0.3, -0.25) is 4.79 Å². The lowest BCUT2D eigenvalue weighted by Gasteiger charge is -2.14. The Morgan fingerprint density at radius 1 is 1.19 bits per heavy atom. The first-order chi connectivity index (χ1) is 15.3. The van der Waals surface area contributed by atoms with Gasteiger partial charge in [0.05, 0.1) is 36.1 Å².